The molecule has 0 aliphatic carbocycles. The molecule has 0 N–H and O–H groups in total. The van der Waals surface area contributed by atoms with Crippen LogP contribution in [0.2, 0.25) is 0 Å². The number of rotatable bonds is 4. The van der Waals surface area contributed by atoms with Crippen LogP contribution in [0.4, 0.5) is 0 Å². The minimum atomic E-state index is -0.192. The number of hydrogen-bond donors (Lipinski definition) is 0. The maximum atomic E-state index is 5.15. The van der Waals surface area contributed by atoms with Gasteiger partial charge in [0.15, 0.2) is 0 Å². The van der Waals surface area contributed by atoms with Gasteiger partial charge in [0.1, 0.15) is 0 Å². The van der Waals surface area contributed by atoms with Crippen LogP contribution < -0.4 is 0 Å². The summed E-state index contributed by atoms with van der Waals surface area (Å²) in [5.41, 5.74) is -0.192. The Labute approximate surface area is 69.8 Å². The van der Waals surface area contributed by atoms with Crippen LogP contribution >= 0.6 is 0 Å². The minimum absolute atomic E-state index is 0.192. The van der Waals surface area contributed by atoms with Gasteiger partial charge >= 0.3 is 0 Å². The maximum Gasteiger partial charge on any atom is 0.0952 e. The molecule has 2 heteroatoms. The fourth-order valence-electron chi connectivity index (χ4n) is 0.681. The quantitative estimate of drug-likeness (QED) is 0.465. The van der Waals surface area contributed by atoms with Crippen LogP contribution in [0.5, 0.6) is 0 Å². The third kappa shape index (κ3) is 7.82. The van der Waals surface area contributed by atoms with Gasteiger partial charge in [0, 0.05) is 0 Å². The highest BCUT2D eigenvalue weighted by Gasteiger charge is 2.13. The van der Waals surface area contributed by atoms with E-state index in [1.54, 1.807) is 0 Å². The van der Waals surface area contributed by atoms with E-state index >= 15 is 0 Å². The van der Waals surface area contributed by atoms with Crippen LogP contribution in [0.15, 0.2) is 0 Å². The van der Waals surface area contributed by atoms with Gasteiger partial charge < -0.3 is 0 Å². The van der Waals surface area contributed by atoms with Gasteiger partial charge in [-0.1, -0.05) is 13.3 Å². The fraction of sp³-hybridized carbons (Fsp3) is 1.00. The molecule has 1 atom stereocenters. The largest absolute Gasteiger partial charge is 0.233 e. The molecule has 0 fully saturated rings. The molecule has 0 saturated carbocycles. The first-order chi connectivity index (χ1) is 4.95. The van der Waals surface area contributed by atoms with E-state index in [-0.39, 0.29) is 11.7 Å². The first kappa shape index (κ1) is 10.9. The topological polar surface area (TPSA) is 18.5 Å². The van der Waals surface area contributed by atoms with Crippen molar-refractivity contribution in [3.63, 3.8) is 0 Å². The predicted octanol–water partition coefficient (Wildman–Crippen LogP) is 2.92. The smallest absolute Gasteiger partial charge is 0.0952 e. The van der Waals surface area contributed by atoms with Gasteiger partial charge in [0.2, 0.25) is 0 Å². The van der Waals surface area contributed by atoms with Crippen molar-refractivity contribution in [3.8, 4) is 0 Å². The van der Waals surface area contributed by atoms with E-state index in [4.69, 9.17) is 9.78 Å². The van der Waals surface area contributed by atoms with Crippen LogP contribution in [0.1, 0.15) is 47.5 Å². The molecule has 0 amide bonds. The summed E-state index contributed by atoms with van der Waals surface area (Å²) >= 11 is 0. The molecular formula is C9H20O2. The zero-order valence-corrected chi connectivity index (χ0v) is 8.31. The van der Waals surface area contributed by atoms with Gasteiger partial charge in [-0.05, 0) is 34.1 Å². The number of hydrogen-bond acceptors (Lipinski definition) is 2. The molecule has 0 spiro atoms. The molecule has 0 aromatic carbocycles. The Balaban J connectivity index is 3.38. The summed E-state index contributed by atoms with van der Waals surface area (Å²) in [4.78, 5) is 10.3. The van der Waals surface area contributed by atoms with Gasteiger partial charge in [-0.25, -0.2) is 9.78 Å². The average Bonchev–Trinajstić information content (AvgIpc) is 1.83. The fourth-order valence-corrected chi connectivity index (χ4v) is 0.681. The lowest BCUT2D eigenvalue weighted by Crippen LogP contribution is -2.22. The average molecular weight is 160 g/mol. The summed E-state index contributed by atoms with van der Waals surface area (Å²) in [6, 6.07) is 0. The van der Waals surface area contributed by atoms with Crippen molar-refractivity contribution in [2.75, 3.05) is 0 Å². The SMILES string of the molecule is CCCC(C)OOC(C)(C)C. The summed E-state index contributed by atoms with van der Waals surface area (Å²) in [6.45, 7) is 10.1. The zero-order chi connectivity index (χ0) is 8.91. The van der Waals surface area contributed by atoms with Crippen molar-refractivity contribution in [2.45, 2.75) is 59.2 Å². The van der Waals surface area contributed by atoms with Crippen LogP contribution in [-0.2, 0) is 9.78 Å². The summed E-state index contributed by atoms with van der Waals surface area (Å²) in [5.74, 6) is 0. The normalized spacial score (nSPS) is 15.0. The molecule has 0 bridgehead atoms. The Kier molecular flexibility index (Phi) is 4.69. The third-order valence-electron chi connectivity index (χ3n) is 1.16. The van der Waals surface area contributed by atoms with Gasteiger partial charge in [0.05, 0.1) is 11.7 Å². The Morgan fingerprint density at radius 3 is 2.18 bits per heavy atom. The van der Waals surface area contributed by atoms with E-state index in [9.17, 15) is 0 Å². The Hall–Kier alpha value is -0.0800. The molecule has 0 aliphatic heterocycles. The van der Waals surface area contributed by atoms with Gasteiger partial charge in [-0.3, -0.25) is 0 Å². The first-order valence-corrected chi connectivity index (χ1v) is 4.30. The lowest BCUT2D eigenvalue weighted by molar-refractivity contribution is -0.370. The van der Waals surface area contributed by atoms with Gasteiger partial charge in [0.25, 0.3) is 0 Å². The third-order valence-corrected chi connectivity index (χ3v) is 1.16. The molecule has 0 heterocycles. The van der Waals surface area contributed by atoms with Gasteiger partial charge in [-0.2, -0.15) is 0 Å². The second-order valence-electron chi connectivity index (χ2n) is 3.89. The molecule has 2 nitrogen and oxygen atoms in total. The highest BCUT2D eigenvalue weighted by atomic mass is 17.2. The molecule has 0 saturated heterocycles. The first-order valence-electron chi connectivity index (χ1n) is 4.30. The van der Waals surface area contributed by atoms with E-state index in [0.717, 1.165) is 12.8 Å². The lowest BCUT2D eigenvalue weighted by atomic mass is 10.2. The zero-order valence-electron chi connectivity index (χ0n) is 8.31. The molecule has 0 aromatic heterocycles. The van der Waals surface area contributed by atoms with Crippen molar-refractivity contribution >= 4 is 0 Å². The van der Waals surface area contributed by atoms with Crippen molar-refractivity contribution in [1.82, 2.24) is 0 Å². The molecule has 0 aliphatic rings. The summed E-state index contributed by atoms with van der Waals surface area (Å²) in [7, 11) is 0. The highest BCUT2D eigenvalue weighted by molar-refractivity contribution is 4.55. The molecule has 1 unspecified atom stereocenters. The monoisotopic (exact) mass is 160 g/mol. The van der Waals surface area contributed by atoms with Crippen molar-refractivity contribution in [3.05, 3.63) is 0 Å². The van der Waals surface area contributed by atoms with Crippen LogP contribution in [-0.4, -0.2) is 11.7 Å². The predicted molar refractivity (Wildman–Crippen MR) is 46.3 cm³/mol. The minimum Gasteiger partial charge on any atom is -0.233 e. The summed E-state index contributed by atoms with van der Waals surface area (Å²) in [5, 5.41) is 0. The summed E-state index contributed by atoms with van der Waals surface area (Å²) in [6.07, 6.45) is 2.39. The maximum absolute atomic E-state index is 5.15. The van der Waals surface area contributed by atoms with Crippen molar-refractivity contribution in [1.29, 1.82) is 0 Å². The van der Waals surface area contributed by atoms with Crippen molar-refractivity contribution in [2.24, 2.45) is 0 Å². The lowest BCUT2D eigenvalue weighted by Gasteiger charge is -2.20. The van der Waals surface area contributed by atoms with Crippen LogP contribution in [0, 0.1) is 0 Å². The van der Waals surface area contributed by atoms with Crippen molar-refractivity contribution < 1.29 is 9.78 Å². The van der Waals surface area contributed by atoms with E-state index in [2.05, 4.69) is 6.92 Å². The molecule has 0 radical (unpaired) electrons. The molecule has 0 rings (SSSR count). The molecule has 0 aromatic rings. The highest BCUT2D eigenvalue weighted by Crippen LogP contribution is 2.10. The second kappa shape index (κ2) is 4.73. The Morgan fingerprint density at radius 1 is 1.27 bits per heavy atom. The Bertz CT molecular complexity index is 94.2. The second-order valence-corrected chi connectivity index (χ2v) is 3.89. The summed E-state index contributed by atoms with van der Waals surface area (Å²) < 4.78 is 0. The standard InChI is InChI=1S/C9H20O2/c1-6-7-8(2)10-11-9(3,4)5/h8H,6-7H2,1-5H3. The Morgan fingerprint density at radius 2 is 1.82 bits per heavy atom. The van der Waals surface area contributed by atoms with E-state index in [0.29, 0.717) is 0 Å². The molecule has 68 valence electrons. The van der Waals surface area contributed by atoms with E-state index in [1.165, 1.54) is 0 Å². The van der Waals surface area contributed by atoms with E-state index in [1.807, 2.05) is 27.7 Å². The molecular weight excluding hydrogens is 140 g/mol. The molecule has 11 heavy (non-hydrogen) atoms. The van der Waals surface area contributed by atoms with E-state index < -0.39 is 0 Å². The van der Waals surface area contributed by atoms with Gasteiger partial charge in [-0.15, -0.1) is 0 Å². The van der Waals surface area contributed by atoms with Crippen LogP contribution in [0.25, 0.3) is 0 Å². The van der Waals surface area contributed by atoms with Crippen LogP contribution in [0.3, 0.4) is 0 Å².